The predicted octanol–water partition coefficient (Wildman–Crippen LogP) is -0.0672. The maximum absolute atomic E-state index is 12.2. The Kier molecular flexibility index (Phi) is 5.06. The minimum atomic E-state index is -3.63. The highest BCUT2D eigenvalue weighted by Crippen LogP contribution is 2.21. The molecule has 2 heterocycles. The molecule has 7 nitrogen and oxygen atoms in total. The van der Waals surface area contributed by atoms with Gasteiger partial charge in [-0.1, -0.05) is 6.07 Å². The minimum absolute atomic E-state index is 0.141. The molecule has 1 fully saturated rings. The van der Waals surface area contributed by atoms with Crippen LogP contribution in [0, 0.1) is 5.92 Å². The average Bonchev–Trinajstić information content (AvgIpc) is 3.00. The van der Waals surface area contributed by atoms with E-state index in [0.717, 1.165) is 15.6 Å². The number of ether oxygens (including phenoxy) is 1. The number of thiophene rings is 1. The Morgan fingerprint density at radius 3 is 2.62 bits per heavy atom. The monoisotopic (exact) mass is 354 g/mol. The molecule has 21 heavy (non-hydrogen) atoms. The molecule has 1 aromatic rings. The third-order valence-electron chi connectivity index (χ3n) is 3.25. The van der Waals surface area contributed by atoms with Crippen molar-refractivity contribution in [2.45, 2.75) is 10.3 Å². The highest BCUT2D eigenvalue weighted by atomic mass is 32.2. The summed E-state index contributed by atoms with van der Waals surface area (Å²) in [5.74, 6) is -0.537. The SMILES string of the molecule is CN(C)S(=O)(=O)C[C@@H]1COC[C@H]1NS(=O)(=O)c1cccs1. The minimum Gasteiger partial charge on any atom is -0.379 e. The van der Waals surface area contributed by atoms with Crippen molar-refractivity contribution in [1.29, 1.82) is 0 Å². The Labute approximate surface area is 129 Å². The van der Waals surface area contributed by atoms with Gasteiger partial charge in [-0.25, -0.2) is 25.9 Å². The number of hydrogen-bond donors (Lipinski definition) is 1. The Bertz CT molecular complexity index is 667. The zero-order valence-electron chi connectivity index (χ0n) is 11.7. The van der Waals surface area contributed by atoms with E-state index in [1.54, 1.807) is 11.4 Å². The van der Waals surface area contributed by atoms with Gasteiger partial charge in [0.25, 0.3) is 0 Å². The van der Waals surface area contributed by atoms with Gasteiger partial charge < -0.3 is 4.74 Å². The third-order valence-corrected chi connectivity index (χ3v) is 8.10. The lowest BCUT2D eigenvalue weighted by Crippen LogP contribution is -2.43. The molecule has 0 saturated carbocycles. The molecule has 0 spiro atoms. The lowest BCUT2D eigenvalue weighted by molar-refractivity contribution is 0.185. The van der Waals surface area contributed by atoms with E-state index in [1.165, 1.54) is 20.2 Å². The second-order valence-electron chi connectivity index (χ2n) is 5.02. The molecule has 10 heteroatoms. The van der Waals surface area contributed by atoms with Crippen molar-refractivity contribution < 1.29 is 21.6 Å². The molecule has 1 aliphatic heterocycles. The third kappa shape index (κ3) is 4.02. The summed E-state index contributed by atoms with van der Waals surface area (Å²) < 4.78 is 57.3. The first-order chi connectivity index (χ1) is 9.72. The Hall–Kier alpha value is -0.520. The van der Waals surface area contributed by atoms with E-state index in [2.05, 4.69) is 4.72 Å². The Morgan fingerprint density at radius 2 is 2.05 bits per heavy atom. The van der Waals surface area contributed by atoms with Crippen LogP contribution in [0.2, 0.25) is 0 Å². The summed E-state index contributed by atoms with van der Waals surface area (Å²) in [6, 6.07) is 2.62. The molecule has 2 rings (SSSR count). The summed E-state index contributed by atoms with van der Waals surface area (Å²) in [5, 5.41) is 1.67. The van der Waals surface area contributed by atoms with Crippen molar-refractivity contribution in [3.63, 3.8) is 0 Å². The number of nitrogens with zero attached hydrogens (tertiary/aromatic N) is 1. The molecular weight excluding hydrogens is 336 g/mol. The van der Waals surface area contributed by atoms with Gasteiger partial charge in [-0.2, -0.15) is 0 Å². The molecule has 2 atom stereocenters. The van der Waals surface area contributed by atoms with Crippen LogP contribution >= 0.6 is 11.3 Å². The van der Waals surface area contributed by atoms with Crippen LogP contribution in [-0.2, 0) is 24.8 Å². The molecule has 0 aromatic carbocycles. The number of sulfonamides is 2. The van der Waals surface area contributed by atoms with Gasteiger partial charge in [-0.3, -0.25) is 0 Å². The van der Waals surface area contributed by atoms with Crippen LogP contribution in [0.4, 0.5) is 0 Å². The van der Waals surface area contributed by atoms with E-state index in [-0.39, 0.29) is 23.2 Å². The lowest BCUT2D eigenvalue weighted by Gasteiger charge is -2.20. The highest BCUT2D eigenvalue weighted by Gasteiger charge is 2.36. The number of nitrogens with one attached hydrogen (secondary N) is 1. The summed E-state index contributed by atoms with van der Waals surface area (Å²) in [7, 11) is -4.12. The first-order valence-electron chi connectivity index (χ1n) is 6.26. The van der Waals surface area contributed by atoms with Crippen LogP contribution in [0.1, 0.15) is 0 Å². The molecule has 0 aliphatic carbocycles. The van der Waals surface area contributed by atoms with E-state index in [9.17, 15) is 16.8 Å². The van der Waals surface area contributed by atoms with Gasteiger partial charge >= 0.3 is 0 Å². The Balaban J connectivity index is 2.10. The molecule has 0 bridgehead atoms. The van der Waals surface area contributed by atoms with Gasteiger partial charge in [0.2, 0.25) is 20.0 Å². The molecule has 0 radical (unpaired) electrons. The smallest absolute Gasteiger partial charge is 0.250 e. The highest BCUT2D eigenvalue weighted by molar-refractivity contribution is 7.91. The second kappa shape index (κ2) is 6.31. The standard InChI is InChI=1S/C11H18N2O5S3/c1-13(2)20(14,15)8-9-6-18-7-10(9)12-21(16,17)11-4-3-5-19-11/h3-5,9-10,12H,6-8H2,1-2H3/t9-,10+/m0/s1. The van der Waals surface area contributed by atoms with Crippen molar-refractivity contribution >= 4 is 31.4 Å². The van der Waals surface area contributed by atoms with Crippen LogP contribution in [0.25, 0.3) is 0 Å². The first kappa shape index (κ1) is 16.8. The second-order valence-corrected chi connectivity index (χ2v) is 10.1. The van der Waals surface area contributed by atoms with Gasteiger partial charge in [0.1, 0.15) is 4.21 Å². The zero-order chi connectivity index (χ0) is 15.7. The van der Waals surface area contributed by atoms with Crippen molar-refractivity contribution in [3.05, 3.63) is 17.5 Å². The van der Waals surface area contributed by atoms with Crippen molar-refractivity contribution in [2.75, 3.05) is 33.1 Å². The van der Waals surface area contributed by atoms with Crippen molar-refractivity contribution in [3.8, 4) is 0 Å². The van der Waals surface area contributed by atoms with Gasteiger partial charge in [0, 0.05) is 20.0 Å². The molecule has 1 aromatic heterocycles. The van der Waals surface area contributed by atoms with E-state index in [0.29, 0.717) is 0 Å². The number of rotatable bonds is 6. The van der Waals surface area contributed by atoms with Gasteiger partial charge in [0.05, 0.1) is 25.0 Å². The average molecular weight is 354 g/mol. The van der Waals surface area contributed by atoms with Crippen molar-refractivity contribution in [2.24, 2.45) is 5.92 Å². The summed E-state index contributed by atoms with van der Waals surface area (Å²) in [5.41, 5.74) is 0. The molecule has 1 aliphatic rings. The van der Waals surface area contributed by atoms with Gasteiger partial charge in [0.15, 0.2) is 0 Å². The maximum Gasteiger partial charge on any atom is 0.250 e. The van der Waals surface area contributed by atoms with Crippen LogP contribution in [0.15, 0.2) is 21.7 Å². The van der Waals surface area contributed by atoms with Crippen LogP contribution in [0.3, 0.4) is 0 Å². The maximum atomic E-state index is 12.2. The molecule has 0 amide bonds. The van der Waals surface area contributed by atoms with Crippen LogP contribution in [0.5, 0.6) is 0 Å². The largest absolute Gasteiger partial charge is 0.379 e. The molecular formula is C11H18N2O5S3. The first-order valence-corrected chi connectivity index (χ1v) is 10.2. The van der Waals surface area contributed by atoms with E-state index in [4.69, 9.17) is 4.74 Å². The predicted molar refractivity (Wildman–Crippen MR) is 80.2 cm³/mol. The molecule has 120 valence electrons. The lowest BCUT2D eigenvalue weighted by atomic mass is 10.1. The van der Waals surface area contributed by atoms with Crippen LogP contribution in [-0.4, -0.2) is 60.2 Å². The van der Waals surface area contributed by atoms with Gasteiger partial charge in [-0.05, 0) is 11.4 Å². The molecule has 0 unspecified atom stereocenters. The summed E-state index contributed by atoms with van der Waals surface area (Å²) >= 11 is 1.11. The van der Waals surface area contributed by atoms with E-state index >= 15 is 0 Å². The van der Waals surface area contributed by atoms with Crippen molar-refractivity contribution in [1.82, 2.24) is 9.03 Å². The zero-order valence-corrected chi connectivity index (χ0v) is 14.2. The fourth-order valence-corrected chi connectivity index (χ4v) is 5.45. The fourth-order valence-electron chi connectivity index (χ4n) is 1.99. The Morgan fingerprint density at radius 1 is 1.33 bits per heavy atom. The van der Waals surface area contributed by atoms with E-state index in [1.807, 2.05) is 0 Å². The van der Waals surface area contributed by atoms with E-state index < -0.39 is 32.0 Å². The summed E-state index contributed by atoms with van der Waals surface area (Å²) in [4.78, 5) is 0. The fraction of sp³-hybridized carbons (Fsp3) is 0.636. The summed E-state index contributed by atoms with van der Waals surface area (Å²) in [6.07, 6.45) is 0. The number of hydrogen-bond acceptors (Lipinski definition) is 6. The van der Waals surface area contributed by atoms with Gasteiger partial charge in [-0.15, -0.1) is 11.3 Å². The normalized spacial score (nSPS) is 23.8. The topological polar surface area (TPSA) is 92.8 Å². The quantitative estimate of drug-likeness (QED) is 0.772. The summed E-state index contributed by atoms with van der Waals surface area (Å²) in [6.45, 7) is 0.406. The van der Waals surface area contributed by atoms with Crippen LogP contribution < -0.4 is 4.72 Å². The molecule has 1 saturated heterocycles. The molecule has 1 N–H and O–H groups in total.